The molecule has 1 fully saturated rings. The van der Waals surface area contributed by atoms with Crippen molar-refractivity contribution >= 4 is 11.7 Å². The number of hydrogen-bond acceptors (Lipinski definition) is 4. The lowest BCUT2D eigenvalue weighted by atomic mass is 9.94. The van der Waals surface area contributed by atoms with Gasteiger partial charge in [-0.3, -0.25) is 14.4 Å². The number of Topliss-reactive ketones (excluding diaryl/α,β-unsaturated/α-hetero) is 1. The number of nitrogens with zero attached hydrogens (tertiary/aromatic N) is 1. The van der Waals surface area contributed by atoms with Crippen molar-refractivity contribution in [1.29, 1.82) is 0 Å². The molecule has 0 saturated carbocycles. The number of carbonyl (C=O) groups is 2. The second-order valence-corrected chi connectivity index (χ2v) is 4.73. The first kappa shape index (κ1) is 11.5. The van der Waals surface area contributed by atoms with E-state index in [0.29, 0.717) is 36.5 Å². The van der Waals surface area contributed by atoms with Crippen molar-refractivity contribution in [2.24, 2.45) is 0 Å². The largest absolute Gasteiger partial charge is 0.455 e. The van der Waals surface area contributed by atoms with E-state index < -0.39 is 0 Å². The Balaban J connectivity index is 1.98. The fourth-order valence-corrected chi connectivity index (χ4v) is 2.57. The van der Waals surface area contributed by atoms with Gasteiger partial charge in [0.1, 0.15) is 5.76 Å². The summed E-state index contributed by atoms with van der Waals surface area (Å²) in [7, 11) is 0. The molecule has 0 N–H and O–H groups in total. The highest BCUT2D eigenvalue weighted by Crippen LogP contribution is 2.30. The number of rotatable bonds is 1. The standard InChI is InChI=1S/C13H15NO4/c1-8-11-9(15)4-2-5-10(11)18-12(8)13(16)14-6-3-7-17-14/h2-7H2,1H3. The van der Waals surface area contributed by atoms with E-state index >= 15 is 0 Å². The van der Waals surface area contributed by atoms with Crippen LogP contribution in [0.15, 0.2) is 4.42 Å². The molecule has 0 spiro atoms. The van der Waals surface area contributed by atoms with E-state index in [9.17, 15) is 9.59 Å². The van der Waals surface area contributed by atoms with Gasteiger partial charge in [0.15, 0.2) is 11.5 Å². The van der Waals surface area contributed by atoms with Crippen molar-refractivity contribution < 1.29 is 18.8 Å². The van der Waals surface area contributed by atoms with Crippen LogP contribution in [0.25, 0.3) is 0 Å². The normalized spacial score (nSPS) is 19.2. The molecule has 1 aliphatic heterocycles. The third-order valence-corrected chi connectivity index (χ3v) is 3.48. The van der Waals surface area contributed by atoms with Gasteiger partial charge in [0.25, 0.3) is 0 Å². The monoisotopic (exact) mass is 249 g/mol. The van der Waals surface area contributed by atoms with E-state index in [-0.39, 0.29) is 17.5 Å². The van der Waals surface area contributed by atoms with Gasteiger partial charge in [-0.15, -0.1) is 0 Å². The molecule has 0 radical (unpaired) electrons. The average Bonchev–Trinajstić information content (AvgIpc) is 2.97. The molecular weight excluding hydrogens is 234 g/mol. The minimum Gasteiger partial charge on any atom is -0.455 e. The Labute approximate surface area is 105 Å². The van der Waals surface area contributed by atoms with Gasteiger partial charge in [-0.05, 0) is 19.8 Å². The molecule has 1 aromatic rings. The molecule has 5 nitrogen and oxygen atoms in total. The van der Waals surface area contributed by atoms with Gasteiger partial charge in [-0.1, -0.05) is 0 Å². The van der Waals surface area contributed by atoms with Gasteiger partial charge in [0.2, 0.25) is 0 Å². The minimum atomic E-state index is -0.271. The maximum absolute atomic E-state index is 12.2. The van der Waals surface area contributed by atoms with Crippen LogP contribution >= 0.6 is 0 Å². The van der Waals surface area contributed by atoms with E-state index in [2.05, 4.69) is 0 Å². The summed E-state index contributed by atoms with van der Waals surface area (Å²) in [6.45, 7) is 2.91. The summed E-state index contributed by atoms with van der Waals surface area (Å²) in [6.07, 6.45) is 2.91. The van der Waals surface area contributed by atoms with Gasteiger partial charge in [0.05, 0.1) is 18.7 Å². The lowest BCUT2D eigenvalue weighted by Crippen LogP contribution is -2.26. The Kier molecular flexibility index (Phi) is 2.70. The van der Waals surface area contributed by atoms with E-state index in [1.54, 1.807) is 6.92 Å². The number of aryl methyl sites for hydroxylation is 1. The van der Waals surface area contributed by atoms with Crippen LogP contribution in [0.3, 0.4) is 0 Å². The van der Waals surface area contributed by atoms with Crippen LogP contribution < -0.4 is 0 Å². The third-order valence-electron chi connectivity index (χ3n) is 3.48. The second-order valence-electron chi connectivity index (χ2n) is 4.73. The van der Waals surface area contributed by atoms with Crippen LogP contribution in [0.5, 0.6) is 0 Å². The van der Waals surface area contributed by atoms with Crippen molar-refractivity contribution in [3.05, 3.63) is 22.6 Å². The molecular formula is C13H15NO4. The van der Waals surface area contributed by atoms with Gasteiger partial charge >= 0.3 is 5.91 Å². The summed E-state index contributed by atoms with van der Waals surface area (Å²) < 4.78 is 5.59. The van der Waals surface area contributed by atoms with Crippen molar-refractivity contribution in [1.82, 2.24) is 5.06 Å². The Morgan fingerprint density at radius 1 is 1.28 bits per heavy atom. The lowest BCUT2D eigenvalue weighted by molar-refractivity contribution is -0.0785. The molecule has 3 rings (SSSR count). The summed E-state index contributed by atoms with van der Waals surface area (Å²) in [5.41, 5.74) is 1.28. The highest BCUT2D eigenvalue weighted by molar-refractivity contribution is 6.03. The summed E-state index contributed by atoms with van der Waals surface area (Å²) >= 11 is 0. The molecule has 1 amide bonds. The van der Waals surface area contributed by atoms with E-state index in [4.69, 9.17) is 9.25 Å². The van der Waals surface area contributed by atoms with E-state index in [0.717, 1.165) is 19.3 Å². The van der Waals surface area contributed by atoms with E-state index in [1.165, 1.54) is 5.06 Å². The second kappa shape index (κ2) is 4.24. The minimum absolute atomic E-state index is 0.0823. The van der Waals surface area contributed by atoms with Crippen LogP contribution in [-0.4, -0.2) is 29.9 Å². The highest BCUT2D eigenvalue weighted by Gasteiger charge is 2.32. The van der Waals surface area contributed by atoms with Gasteiger partial charge in [-0.2, -0.15) is 0 Å². The number of hydrogen-bond donors (Lipinski definition) is 0. The maximum Gasteiger partial charge on any atom is 0.313 e. The zero-order valence-corrected chi connectivity index (χ0v) is 10.3. The van der Waals surface area contributed by atoms with Gasteiger partial charge in [0, 0.05) is 18.4 Å². The Bertz CT molecular complexity index is 511. The Morgan fingerprint density at radius 2 is 2.11 bits per heavy atom. The smallest absolute Gasteiger partial charge is 0.313 e. The van der Waals surface area contributed by atoms with Crippen LogP contribution in [0.2, 0.25) is 0 Å². The molecule has 96 valence electrons. The summed E-state index contributed by atoms with van der Waals surface area (Å²) in [5, 5.41) is 1.32. The molecule has 0 aromatic carbocycles. The van der Waals surface area contributed by atoms with Crippen LogP contribution in [-0.2, 0) is 11.3 Å². The van der Waals surface area contributed by atoms with Crippen molar-refractivity contribution in [2.75, 3.05) is 13.2 Å². The molecule has 0 bridgehead atoms. The van der Waals surface area contributed by atoms with Crippen LogP contribution in [0, 0.1) is 6.92 Å². The van der Waals surface area contributed by atoms with Gasteiger partial charge < -0.3 is 4.42 Å². The quantitative estimate of drug-likeness (QED) is 0.762. The molecule has 1 saturated heterocycles. The first-order chi connectivity index (χ1) is 8.68. The molecule has 0 unspecified atom stereocenters. The number of fused-ring (bicyclic) bond motifs is 1. The fourth-order valence-electron chi connectivity index (χ4n) is 2.57. The summed E-state index contributed by atoms with van der Waals surface area (Å²) in [4.78, 5) is 29.3. The first-order valence-corrected chi connectivity index (χ1v) is 6.28. The molecule has 0 atom stereocenters. The number of ketones is 1. The molecule has 1 aromatic heterocycles. The Morgan fingerprint density at radius 3 is 2.78 bits per heavy atom. The molecule has 2 aliphatic rings. The third kappa shape index (κ3) is 1.66. The van der Waals surface area contributed by atoms with Crippen molar-refractivity contribution in [3.8, 4) is 0 Å². The zero-order valence-electron chi connectivity index (χ0n) is 10.3. The predicted molar refractivity (Wildman–Crippen MR) is 62.3 cm³/mol. The van der Waals surface area contributed by atoms with Gasteiger partial charge in [-0.25, -0.2) is 5.06 Å². The molecule has 2 heterocycles. The number of amides is 1. The maximum atomic E-state index is 12.2. The van der Waals surface area contributed by atoms with Crippen LogP contribution in [0.1, 0.15) is 51.5 Å². The topological polar surface area (TPSA) is 59.8 Å². The number of furan rings is 1. The molecule has 18 heavy (non-hydrogen) atoms. The van der Waals surface area contributed by atoms with Crippen molar-refractivity contribution in [2.45, 2.75) is 32.6 Å². The summed E-state index contributed by atoms with van der Waals surface area (Å²) in [6, 6.07) is 0. The van der Waals surface area contributed by atoms with E-state index in [1.807, 2.05) is 0 Å². The van der Waals surface area contributed by atoms with Crippen molar-refractivity contribution in [3.63, 3.8) is 0 Å². The number of hydroxylamine groups is 2. The fraction of sp³-hybridized carbons (Fsp3) is 0.538. The zero-order chi connectivity index (χ0) is 12.7. The Hall–Kier alpha value is -1.62. The predicted octanol–water partition coefficient (Wildman–Crippen LogP) is 1.88. The first-order valence-electron chi connectivity index (χ1n) is 6.28. The molecule has 1 aliphatic carbocycles. The summed E-state index contributed by atoms with van der Waals surface area (Å²) in [5.74, 6) is 0.731. The number of carbonyl (C=O) groups excluding carboxylic acids is 2. The lowest BCUT2D eigenvalue weighted by Gasteiger charge is -2.12. The highest BCUT2D eigenvalue weighted by atomic mass is 16.7. The molecule has 5 heteroatoms. The average molecular weight is 249 g/mol. The SMILES string of the molecule is Cc1c(C(=O)N2CCCO2)oc2c1C(=O)CCC2. The van der Waals surface area contributed by atoms with Crippen LogP contribution in [0.4, 0.5) is 0 Å².